The van der Waals surface area contributed by atoms with E-state index in [4.69, 9.17) is 5.73 Å². The van der Waals surface area contributed by atoms with Crippen molar-refractivity contribution < 1.29 is 17.6 Å². The highest BCUT2D eigenvalue weighted by molar-refractivity contribution is 5.59. The zero-order valence-corrected chi connectivity index (χ0v) is 8.74. The Labute approximate surface area is 98.5 Å². The fourth-order valence-corrected chi connectivity index (χ4v) is 1.31. The summed E-state index contributed by atoms with van der Waals surface area (Å²) < 4.78 is 50.9. The van der Waals surface area contributed by atoms with Gasteiger partial charge < -0.3 is 5.73 Å². The van der Waals surface area contributed by atoms with E-state index in [1.54, 1.807) is 0 Å². The number of anilines is 1. The summed E-state index contributed by atoms with van der Waals surface area (Å²) in [7, 11) is 0. The predicted molar refractivity (Wildman–Crippen MR) is 54.6 cm³/mol. The molecular weight excluding hydrogens is 252 g/mol. The number of nitrogen functional groups attached to an aromatic ring is 1. The van der Waals surface area contributed by atoms with Crippen LogP contribution in [0, 0.1) is 5.82 Å². The van der Waals surface area contributed by atoms with Crippen molar-refractivity contribution in [3.63, 3.8) is 0 Å². The molecule has 2 heterocycles. The van der Waals surface area contributed by atoms with E-state index in [1.165, 1.54) is 0 Å². The normalized spacial score (nSPS) is 11.6. The molecule has 0 unspecified atom stereocenters. The molecule has 0 saturated heterocycles. The molecule has 0 saturated carbocycles. The summed E-state index contributed by atoms with van der Waals surface area (Å²) in [6.07, 6.45) is -2.06. The third-order valence-electron chi connectivity index (χ3n) is 2.05. The first-order chi connectivity index (χ1) is 8.38. The molecule has 94 valence electrons. The van der Waals surface area contributed by atoms with Gasteiger partial charge in [0.25, 0.3) is 0 Å². The summed E-state index contributed by atoms with van der Waals surface area (Å²) in [6, 6.07) is 0.731. The highest BCUT2D eigenvalue weighted by atomic mass is 19.4. The summed E-state index contributed by atoms with van der Waals surface area (Å²) in [5.41, 5.74) is 3.58. The molecule has 0 aromatic carbocycles. The first-order valence-electron chi connectivity index (χ1n) is 4.68. The van der Waals surface area contributed by atoms with Crippen molar-refractivity contribution in [3.8, 4) is 11.5 Å². The Morgan fingerprint density at radius 2 is 1.61 bits per heavy atom. The number of rotatable bonds is 1. The van der Waals surface area contributed by atoms with E-state index in [2.05, 4.69) is 15.0 Å². The molecule has 4 nitrogen and oxygen atoms in total. The van der Waals surface area contributed by atoms with Crippen molar-refractivity contribution in [3.05, 3.63) is 36.0 Å². The van der Waals surface area contributed by atoms with Crippen LogP contribution in [0.25, 0.3) is 11.5 Å². The number of hydrogen-bond donors (Lipinski definition) is 1. The van der Waals surface area contributed by atoms with Crippen molar-refractivity contribution in [2.24, 2.45) is 0 Å². The minimum atomic E-state index is -4.64. The monoisotopic (exact) mass is 258 g/mol. The van der Waals surface area contributed by atoms with Crippen molar-refractivity contribution in [2.45, 2.75) is 6.18 Å². The third-order valence-corrected chi connectivity index (χ3v) is 2.05. The summed E-state index contributed by atoms with van der Waals surface area (Å²) in [5.74, 6) is -1.06. The molecule has 8 heteroatoms. The van der Waals surface area contributed by atoms with E-state index in [0.717, 1.165) is 24.7 Å². The van der Waals surface area contributed by atoms with Crippen LogP contribution in [0.1, 0.15) is 5.56 Å². The molecule has 0 aliphatic rings. The molecular formula is C10H6F4N4. The quantitative estimate of drug-likeness (QED) is 0.797. The predicted octanol–water partition coefficient (Wildman–Crippen LogP) is 2.28. The number of halogens is 4. The lowest BCUT2D eigenvalue weighted by Gasteiger charge is -2.11. The number of hydrogen-bond acceptors (Lipinski definition) is 4. The highest BCUT2D eigenvalue weighted by Crippen LogP contribution is 2.35. The van der Waals surface area contributed by atoms with Crippen molar-refractivity contribution >= 4 is 5.69 Å². The van der Waals surface area contributed by atoms with E-state index >= 15 is 0 Å². The van der Waals surface area contributed by atoms with Gasteiger partial charge in [0.05, 0.1) is 29.8 Å². The molecule has 0 fully saturated rings. The van der Waals surface area contributed by atoms with Gasteiger partial charge in [-0.15, -0.1) is 0 Å². The molecule has 18 heavy (non-hydrogen) atoms. The number of pyridine rings is 1. The number of nitrogens with two attached hydrogens (primary N) is 1. The Bertz CT molecular complexity index is 565. The fourth-order valence-electron chi connectivity index (χ4n) is 1.31. The van der Waals surface area contributed by atoms with Crippen LogP contribution in [0.15, 0.2) is 24.7 Å². The van der Waals surface area contributed by atoms with Gasteiger partial charge >= 0.3 is 6.18 Å². The van der Waals surface area contributed by atoms with Crippen molar-refractivity contribution in [1.29, 1.82) is 0 Å². The van der Waals surface area contributed by atoms with Gasteiger partial charge in [-0.3, -0.25) is 4.98 Å². The molecule has 0 aliphatic heterocycles. The molecule has 2 rings (SSSR count). The second kappa shape index (κ2) is 4.21. The summed E-state index contributed by atoms with van der Waals surface area (Å²) >= 11 is 0. The molecule has 2 aromatic heterocycles. The molecule has 0 aliphatic carbocycles. The average molecular weight is 258 g/mol. The first kappa shape index (κ1) is 12.2. The molecule has 0 amide bonds. The van der Waals surface area contributed by atoms with Gasteiger partial charge in [-0.1, -0.05) is 0 Å². The van der Waals surface area contributed by atoms with Crippen LogP contribution in [0.4, 0.5) is 23.2 Å². The van der Waals surface area contributed by atoms with E-state index < -0.39 is 23.3 Å². The molecule has 0 bridgehead atoms. The van der Waals surface area contributed by atoms with Crippen molar-refractivity contribution in [1.82, 2.24) is 15.0 Å². The second-order valence-electron chi connectivity index (χ2n) is 3.39. The lowest BCUT2D eigenvalue weighted by Crippen LogP contribution is -2.10. The zero-order valence-electron chi connectivity index (χ0n) is 8.74. The molecule has 2 N–H and O–H groups in total. The second-order valence-corrected chi connectivity index (χ2v) is 3.39. The number of nitrogens with zero attached hydrogens (tertiary/aromatic N) is 3. The van der Waals surface area contributed by atoms with Gasteiger partial charge in [0.1, 0.15) is 5.69 Å². The van der Waals surface area contributed by atoms with Crippen LogP contribution in [-0.4, -0.2) is 15.0 Å². The Morgan fingerprint density at radius 3 is 2.17 bits per heavy atom. The van der Waals surface area contributed by atoms with Crippen LogP contribution >= 0.6 is 0 Å². The standard InChI is InChI=1S/C10H6F4N4/c11-5-2-17-9(18-3-5)8-7(10(12,13)14)1-6(15)4-16-8/h1-4H,15H2. The first-order valence-corrected chi connectivity index (χ1v) is 4.68. The van der Waals surface area contributed by atoms with E-state index in [0.29, 0.717) is 0 Å². The maximum Gasteiger partial charge on any atom is 0.418 e. The molecule has 0 atom stereocenters. The summed E-state index contributed by atoms with van der Waals surface area (Å²) in [4.78, 5) is 10.5. The number of aromatic nitrogens is 3. The van der Waals surface area contributed by atoms with Gasteiger partial charge in [-0.2, -0.15) is 13.2 Å². The van der Waals surface area contributed by atoms with E-state index in [-0.39, 0.29) is 11.5 Å². The molecule has 2 aromatic rings. The maximum atomic E-state index is 12.8. The summed E-state index contributed by atoms with van der Waals surface area (Å²) in [5, 5.41) is 0. The SMILES string of the molecule is Nc1cnc(-c2ncc(F)cn2)c(C(F)(F)F)c1. The number of alkyl halides is 3. The van der Waals surface area contributed by atoms with Crippen LogP contribution in [0.2, 0.25) is 0 Å². The Kier molecular flexibility index (Phi) is 2.85. The summed E-state index contributed by atoms with van der Waals surface area (Å²) in [6.45, 7) is 0. The lowest BCUT2D eigenvalue weighted by atomic mass is 10.1. The van der Waals surface area contributed by atoms with Gasteiger partial charge in [0.2, 0.25) is 0 Å². The minimum absolute atomic E-state index is 0.131. The lowest BCUT2D eigenvalue weighted by molar-refractivity contribution is -0.137. The Balaban J connectivity index is 2.60. The Morgan fingerprint density at radius 1 is 1.00 bits per heavy atom. The highest BCUT2D eigenvalue weighted by Gasteiger charge is 2.35. The van der Waals surface area contributed by atoms with Crippen molar-refractivity contribution in [2.75, 3.05) is 5.73 Å². The average Bonchev–Trinajstić information content (AvgIpc) is 2.29. The van der Waals surface area contributed by atoms with Crippen LogP contribution in [0.5, 0.6) is 0 Å². The van der Waals surface area contributed by atoms with Gasteiger partial charge in [-0.25, -0.2) is 14.4 Å². The fraction of sp³-hybridized carbons (Fsp3) is 0.100. The van der Waals surface area contributed by atoms with Gasteiger partial charge in [0, 0.05) is 0 Å². The molecule has 0 spiro atoms. The smallest absolute Gasteiger partial charge is 0.397 e. The van der Waals surface area contributed by atoms with Crippen LogP contribution in [-0.2, 0) is 6.18 Å². The maximum absolute atomic E-state index is 12.8. The van der Waals surface area contributed by atoms with E-state index in [9.17, 15) is 17.6 Å². The van der Waals surface area contributed by atoms with Gasteiger partial charge in [-0.05, 0) is 6.07 Å². The van der Waals surface area contributed by atoms with Gasteiger partial charge in [0.15, 0.2) is 11.6 Å². The van der Waals surface area contributed by atoms with E-state index in [1.807, 2.05) is 0 Å². The largest absolute Gasteiger partial charge is 0.418 e. The van der Waals surface area contributed by atoms with Crippen LogP contribution in [0.3, 0.4) is 0 Å². The topological polar surface area (TPSA) is 64.7 Å². The molecule has 0 radical (unpaired) electrons. The Hall–Kier alpha value is -2.25. The van der Waals surface area contributed by atoms with Crippen LogP contribution < -0.4 is 5.73 Å². The zero-order chi connectivity index (χ0) is 13.3. The third kappa shape index (κ3) is 2.36. The minimum Gasteiger partial charge on any atom is -0.397 e.